The molecular formula is C10H12N2O. The van der Waals surface area contributed by atoms with Gasteiger partial charge in [0.05, 0.1) is 10.6 Å². The van der Waals surface area contributed by atoms with Gasteiger partial charge < -0.3 is 4.98 Å². The van der Waals surface area contributed by atoms with Crippen LogP contribution in [0.3, 0.4) is 0 Å². The van der Waals surface area contributed by atoms with Crippen molar-refractivity contribution in [2.24, 2.45) is 0 Å². The van der Waals surface area contributed by atoms with E-state index < -0.39 is 0 Å². The van der Waals surface area contributed by atoms with Crippen LogP contribution in [0.15, 0.2) is 17.4 Å². The van der Waals surface area contributed by atoms with E-state index in [9.17, 15) is 4.79 Å². The summed E-state index contributed by atoms with van der Waals surface area (Å²) in [5.41, 5.74) is -0.125. The first-order valence-corrected chi connectivity index (χ1v) is 4.05. The van der Waals surface area contributed by atoms with Gasteiger partial charge in [-0.05, 0) is 19.9 Å². The second kappa shape index (κ2) is 3.85. The van der Waals surface area contributed by atoms with Crippen LogP contribution in [0, 0.1) is 6.92 Å². The highest BCUT2D eigenvalue weighted by atomic mass is 16.1. The van der Waals surface area contributed by atoms with Crippen LogP contribution in [-0.2, 0) is 0 Å². The average Bonchev–Trinajstić information content (AvgIpc) is 2.09. The number of aryl methyl sites for hydroxylation is 1. The van der Waals surface area contributed by atoms with Gasteiger partial charge in [-0.25, -0.2) is 4.98 Å². The Labute approximate surface area is 76.2 Å². The van der Waals surface area contributed by atoms with E-state index in [1.54, 1.807) is 25.2 Å². The molecule has 0 spiro atoms. The van der Waals surface area contributed by atoms with Crippen molar-refractivity contribution in [1.29, 1.82) is 0 Å². The van der Waals surface area contributed by atoms with E-state index in [2.05, 4.69) is 16.5 Å². The molecule has 0 radical (unpaired) electrons. The third kappa shape index (κ3) is 1.93. The molecule has 0 aromatic carbocycles. The van der Waals surface area contributed by atoms with Gasteiger partial charge >= 0.3 is 0 Å². The second-order valence-corrected chi connectivity index (χ2v) is 2.64. The summed E-state index contributed by atoms with van der Waals surface area (Å²) in [7, 11) is 0. The van der Waals surface area contributed by atoms with Crippen molar-refractivity contribution in [2.75, 3.05) is 0 Å². The highest BCUT2D eigenvalue weighted by Gasteiger charge is 1.93. The quantitative estimate of drug-likeness (QED) is 0.646. The summed E-state index contributed by atoms with van der Waals surface area (Å²) in [6.45, 7) is 7.15. The molecule has 3 heteroatoms. The molecule has 0 aliphatic heterocycles. The lowest BCUT2D eigenvalue weighted by Gasteiger charge is -1.91. The normalized spacial score (nSPS) is 13.4. The van der Waals surface area contributed by atoms with E-state index in [0.717, 1.165) is 0 Å². The van der Waals surface area contributed by atoms with Crippen LogP contribution in [0.2, 0.25) is 0 Å². The summed E-state index contributed by atoms with van der Waals surface area (Å²) < 4.78 is 0. The zero-order valence-corrected chi connectivity index (χ0v) is 7.79. The zero-order valence-electron chi connectivity index (χ0n) is 7.79. The molecule has 0 saturated carbocycles. The van der Waals surface area contributed by atoms with Crippen molar-refractivity contribution in [1.82, 2.24) is 9.97 Å². The van der Waals surface area contributed by atoms with Gasteiger partial charge in [0, 0.05) is 0 Å². The van der Waals surface area contributed by atoms with Crippen molar-refractivity contribution in [3.63, 3.8) is 0 Å². The predicted molar refractivity (Wildman–Crippen MR) is 53.6 cm³/mol. The minimum Gasteiger partial charge on any atom is -0.310 e. The Hall–Kier alpha value is -1.64. The Morgan fingerprint density at radius 3 is 2.77 bits per heavy atom. The third-order valence-corrected chi connectivity index (χ3v) is 1.66. The lowest BCUT2D eigenvalue weighted by molar-refractivity contribution is 0.972. The van der Waals surface area contributed by atoms with E-state index >= 15 is 0 Å². The van der Waals surface area contributed by atoms with E-state index in [1.807, 2.05) is 6.92 Å². The molecule has 0 amide bonds. The van der Waals surface area contributed by atoms with Crippen molar-refractivity contribution in [3.8, 4) is 0 Å². The number of H-pyrrole nitrogens is 1. The molecule has 1 N–H and O–H groups in total. The first kappa shape index (κ1) is 9.45. The number of nitrogens with zero attached hydrogens (tertiary/aromatic N) is 1. The Bertz CT molecular complexity index is 483. The molecule has 0 atom stereocenters. The van der Waals surface area contributed by atoms with Gasteiger partial charge in [-0.15, -0.1) is 0 Å². The predicted octanol–water partition coefficient (Wildman–Crippen LogP) is -0.155. The van der Waals surface area contributed by atoms with Crippen LogP contribution >= 0.6 is 0 Å². The van der Waals surface area contributed by atoms with Gasteiger partial charge in [-0.2, -0.15) is 0 Å². The fourth-order valence-corrected chi connectivity index (χ4v) is 1.12. The van der Waals surface area contributed by atoms with Crippen LogP contribution in [0.5, 0.6) is 0 Å². The highest BCUT2D eigenvalue weighted by molar-refractivity contribution is 5.35. The highest BCUT2D eigenvalue weighted by Crippen LogP contribution is 1.69. The number of hydrogen-bond acceptors (Lipinski definition) is 2. The molecular weight excluding hydrogens is 164 g/mol. The van der Waals surface area contributed by atoms with E-state index in [0.29, 0.717) is 16.4 Å². The lowest BCUT2D eigenvalue weighted by atomic mass is 10.3. The molecule has 68 valence electrons. The summed E-state index contributed by atoms with van der Waals surface area (Å²) in [6.07, 6.45) is 5.03. The lowest BCUT2D eigenvalue weighted by Crippen LogP contribution is -2.43. The first-order valence-electron chi connectivity index (χ1n) is 4.05. The Balaban J connectivity index is 3.80. The Morgan fingerprint density at radius 2 is 2.23 bits per heavy atom. The van der Waals surface area contributed by atoms with Gasteiger partial charge in [0.2, 0.25) is 0 Å². The minimum atomic E-state index is -0.125. The van der Waals surface area contributed by atoms with Crippen molar-refractivity contribution in [3.05, 3.63) is 39.4 Å². The molecule has 3 nitrogen and oxygen atoms in total. The number of nitrogens with one attached hydrogen (secondary N) is 1. The largest absolute Gasteiger partial charge is 0.310 e. The van der Waals surface area contributed by atoms with Crippen molar-refractivity contribution >= 4 is 12.2 Å². The van der Waals surface area contributed by atoms with Gasteiger partial charge in [0.25, 0.3) is 5.56 Å². The summed E-state index contributed by atoms with van der Waals surface area (Å²) in [6, 6.07) is 0. The topological polar surface area (TPSA) is 45.8 Å². The number of hydrogen-bond donors (Lipinski definition) is 1. The molecule has 1 rings (SSSR count). The standard InChI is InChI=1S/C10H12N2O/c1-4-6-8-9(5-2)11-7(3)12-10(8)13/h4-6H,1H2,2-3H3,(H,11,12,13)/b8-6+,9-5+. The maximum absolute atomic E-state index is 11.4. The molecule has 0 fully saturated rings. The van der Waals surface area contributed by atoms with Gasteiger partial charge in [-0.3, -0.25) is 4.79 Å². The molecule has 0 saturated heterocycles. The van der Waals surface area contributed by atoms with Crippen LogP contribution in [0.4, 0.5) is 0 Å². The molecule has 1 aromatic heterocycles. The molecule has 1 aromatic rings. The molecule has 1 heterocycles. The van der Waals surface area contributed by atoms with E-state index in [4.69, 9.17) is 0 Å². The number of rotatable bonds is 1. The smallest absolute Gasteiger partial charge is 0.258 e. The van der Waals surface area contributed by atoms with Gasteiger partial charge in [0.1, 0.15) is 5.82 Å². The third-order valence-electron chi connectivity index (χ3n) is 1.66. The first-order chi connectivity index (χ1) is 6.19. The number of aromatic amines is 1. The molecule has 0 aliphatic rings. The molecule has 0 unspecified atom stereocenters. The SMILES string of the molecule is C=C/C=c1/c(=O)[nH]c(C)n/c1=C/C. The minimum absolute atomic E-state index is 0.125. The summed E-state index contributed by atoms with van der Waals surface area (Å²) in [5.74, 6) is 0.624. The van der Waals surface area contributed by atoms with E-state index in [1.165, 1.54) is 0 Å². The second-order valence-electron chi connectivity index (χ2n) is 2.64. The summed E-state index contributed by atoms with van der Waals surface area (Å²) in [5, 5.41) is 1.25. The van der Waals surface area contributed by atoms with Crippen LogP contribution in [0.1, 0.15) is 12.7 Å². The van der Waals surface area contributed by atoms with Gasteiger partial charge in [0.15, 0.2) is 0 Å². The Morgan fingerprint density at radius 1 is 1.54 bits per heavy atom. The van der Waals surface area contributed by atoms with E-state index in [-0.39, 0.29) is 5.56 Å². The Kier molecular flexibility index (Phi) is 2.80. The van der Waals surface area contributed by atoms with Crippen LogP contribution in [0.25, 0.3) is 12.2 Å². The van der Waals surface area contributed by atoms with Crippen LogP contribution < -0.4 is 16.1 Å². The van der Waals surface area contributed by atoms with Crippen molar-refractivity contribution in [2.45, 2.75) is 13.8 Å². The maximum Gasteiger partial charge on any atom is 0.258 e. The molecule has 13 heavy (non-hydrogen) atoms. The zero-order chi connectivity index (χ0) is 9.84. The summed E-state index contributed by atoms with van der Waals surface area (Å²) in [4.78, 5) is 18.2. The summed E-state index contributed by atoms with van der Waals surface area (Å²) >= 11 is 0. The van der Waals surface area contributed by atoms with Crippen LogP contribution in [-0.4, -0.2) is 9.97 Å². The number of aromatic nitrogens is 2. The monoisotopic (exact) mass is 176 g/mol. The van der Waals surface area contributed by atoms with Gasteiger partial charge in [-0.1, -0.05) is 18.7 Å². The maximum atomic E-state index is 11.4. The fraction of sp³-hybridized carbons (Fsp3) is 0.200. The van der Waals surface area contributed by atoms with Crippen molar-refractivity contribution < 1.29 is 0 Å². The molecule has 0 aliphatic carbocycles. The fourth-order valence-electron chi connectivity index (χ4n) is 1.12. The number of allylic oxidation sites excluding steroid dienone is 1. The average molecular weight is 176 g/mol. The molecule has 0 bridgehead atoms.